The molecular weight excluding hydrogens is 465 g/mol. The number of rotatable bonds is 5. The van der Waals surface area contributed by atoms with E-state index >= 15 is 0 Å². The molecule has 0 unspecified atom stereocenters. The summed E-state index contributed by atoms with van der Waals surface area (Å²) in [5, 5.41) is 4.95. The van der Waals surface area contributed by atoms with Crippen LogP contribution in [0.2, 0.25) is 0 Å². The molecule has 1 saturated carbocycles. The number of halogens is 2. The van der Waals surface area contributed by atoms with Crippen LogP contribution < -0.4 is 15.7 Å². The molecule has 9 heteroatoms. The van der Waals surface area contributed by atoms with E-state index in [9.17, 15) is 13.6 Å². The molecule has 0 spiro atoms. The van der Waals surface area contributed by atoms with E-state index in [4.69, 9.17) is 4.98 Å². The summed E-state index contributed by atoms with van der Waals surface area (Å²) in [7, 11) is 4.09. The number of anilines is 2. The first-order valence-electron chi connectivity index (χ1n) is 12.1. The Morgan fingerprint density at radius 2 is 1.69 bits per heavy atom. The minimum atomic E-state index is -0.861. The Labute approximate surface area is 209 Å². The third-order valence-corrected chi connectivity index (χ3v) is 8.16. The van der Waals surface area contributed by atoms with E-state index < -0.39 is 23.1 Å². The van der Waals surface area contributed by atoms with Gasteiger partial charge in [0.25, 0.3) is 5.91 Å². The molecule has 1 aliphatic carbocycles. The highest BCUT2D eigenvalue weighted by atomic mass is 32.1. The second-order valence-electron chi connectivity index (χ2n) is 9.72. The van der Waals surface area contributed by atoms with Crippen LogP contribution >= 0.6 is 11.3 Å². The molecule has 1 aliphatic heterocycles. The van der Waals surface area contributed by atoms with Crippen LogP contribution in [0.5, 0.6) is 0 Å². The van der Waals surface area contributed by atoms with Gasteiger partial charge in [0.15, 0.2) is 5.13 Å². The van der Waals surface area contributed by atoms with Crippen LogP contribution in [0, 0.1) is 11.6 Å². The van der Waals surface area contributed by atoms with Crippen molar-refractivity contribution in [2.75, 3.05) is 43.4 Å². The van der Waals surface area contributed by atoms with Crippen LogP contribution in [0.1, 0.15) is 47.3 Å². The Morgan fingerprint density at radius 1 is 1.06 bits per heavy atom. The van der Waals surface area contributed by atoms with Gasteiger partial charge in [-0.1, -0.05) is 42.6 Å². The lowest BCUT2D eigenvalue weighted by atomic mass is 9.75. The minimum absolute atomic E-state index is 0.187. The number of hydrogen-bond acceptors (Lipinski definition) is 5. The van der Waals surface area contributed by atoms with Gasteiger partial charge in [-0.15, -0.1) is 11.3 Å². The van der Waals surface area contributed by atoms with E-state index in [1.807, 2.05) is 17.3 Å². The molecule has 0 bridgehead atoms. The number of likely N-dealkylation sites (N-methyl/N-ethyl adjacent to an activating group) is 1. The third kappa shape index (κ3) is 4.71. The predicted octanol–water partition coefficient (Wildman–Crippen LogP) is 3.54. The van der Waals surface area contributed by atoms with Gasteiger partial charge < -0.3 is 9.80 Å². The van der Waals surface area contributed by atoms with Crippen molar-refractivity contribution in [3.8, 4) is 0 Å². The fourth-order valence-corrected chi connectivity index (χ4v) is 6.08. The number of carbonyl (C=O) groups excluding carboxylic acids is 1. The smallest absolute Gasteiger partial charge is 0.263 e. The molecule has 0 atom stereocenters. The fourth-order valence-electron chi connectivity index (χ4n) is 5.28. The summed E-state index contributed by atoms with van der Waals surface area (Å²) in [6.45, 7) is 3.01. The number of piperazine rings is 1. The summed E-state index contributed by atoms with van der Waals surface area (Å²) in [4.78, 5) is 21.7. The van der Waals surface area contributed by atoms with Crippen LogP contribution in [0.4, 0.5) is 19.6 Å². The van der Waals surface area contributed by atoms with Crippen molar-refractivity contribution in [1.29, 1.82) is 0 Å². The first-order chi connectivity index (χ1) is 16.9. The zero-order chi connectivity index (χ0) is 24.6. The lowest BCUT2D eigenvalue weighted by Gasteiger charge is -2.34. The van der Waals surface area contributed by atoms with E-state index in [2.05, 4.69) is 42.3 Å². The van der Waals surface area contributed by atoms with Crippen molar-refractivity contribution in [1.82, 2.24) is 9.88 Å². The lowest BCUT2D eigenvalue weighted by molar-refractivity contribution is 0.101. The summed E-state index contributed by atoms with van der Waals surface area (Å²) < 4.78 is 29.8. The molecule has 182 valence electrons. The summed E-state index contributed by atoms with van der Waals surface area (Å²) in [6, 6.07) is 11.0. The van der Waals surface area contributed by atoms with Crippen LogP contribution in [0.15, 0.2) is 41.8 Å². The van der Waals surface area contributed by atoms with Gasteiger partial charge in [0.05, 0.1) is 5.69 Å². The van der Waals surface area contributed by atoms with E-state index in [1.54, 1.807) is 0 Å². The largest absolute Gasteiger partial charge is 0.369 e. The van der Waals surface area contributed by atoms with Crippen molar-refractivity contribution >= 4 is 41.4 Å². The quantitative estimate of drug-likeness (QED) is 0.552. The molecule has 1 amide bonds. The van der Waals surface area contributed by atoms with Crippen LogP contribution in [0.3, 0.4) is 0 Å². The van der Waals surface area contributed by atoms with Gasteiger partial charge in [-0.05, 0) is 37.6 Å². The van der Waals surface area contributed by atoms with Gasteiger partial charge in [-0.25, -0.2) is 13.8 Å². The van der Waals surface area contributed by atoms with Crippen molar-refractivity contribution < 1.29 is 13.6 Å². The molecule has 2 heterocycles. The summed E-state index contributed by atoms with van der Waals surface area (Å²) in [6.07, 6.45) is 4.21. The maximum atomic E-state index is 14.9. The average Bonchev–Trinajstić information content (AvgIpc) is 3.50. The molecule has 35 heavy (non-hydrogen) atoms. The summed E-state index contributed by atoms with van der Waals surface area (Å²) >= 11 is 1.29. The first kappa shape index (κ1) is 23.9. The molecule has 3 aromatic rings. The highest BCUT2D eigenvalue weighted by molar-refractivity contribution is 7.14. The highest BCUT2D eigenvalue weighted by Crippen LogP contribution is 2.46. The molecule has 2 aliphatic rings. The number of hydrogen-bond donors (Lipinski definition) is 1. The van der Waals surface area contributed by atoms with Gasteiger partial charge in [0.1, 0.15) is 25.0 Å². The maximum absolute atomic E-state index is 14.9. The first-order valence-corrected chi connectivity index (χ1v) is 13.0. The van der Waals surface area contributed by atoms with Crippen LogP contribution in [-0.2, 0) is 5.41 Å². The number of thiazole rings is 1. The van der Waals surface area contributed by atoms with Crippen molar-refractivity contribution in [3.63, 3.8) is 0 Å². The number of aromatic nitrogens is 1. The summed E-state index contributed by atoms with van der Waals surface area (Å²) in [5.41, 5.74) is 3.03. The molecule has 1 N–H and O–H groups in total. The number of benzene rings is 2. The Morgan fingerprint density at radius 3 is 2.31 bits per heavy atom. The molecule has 0 radical (unpaired) electrons. The minimum Gasteiger partial charge on any atom is -0.369 e. The Hall–Kier alpha value is -2.78. The second-order valence-corrected chi connectivity index (χ2v) is 10.6. The monoisotopic (exact) mass is 494 g/mol. The van der Waals surface area contributed by atoms with Gasteiger partial charge in [-0.3, -0.25) is 10.1 Å². The van der Waals surface area contributed by atoms with E-state index in [0.29, 0.717) is 23.9 Å². The number of nitrogens with one attached hydrogen (secondary N) is 1. The number of nitrogens with zero attached hydrogens (tertiary/aromatic N) is 3. The topological polar surface area (TPSA) is 48.5 Å². The fraction of sp³-hybridized carbons (Fsp3) is 0.385. The molecule has 2 aromatic carbocycles. The van der Waals surface area contributed by atoms with Crippen LogP contribution in [-0.4, -0.2) is 56.9 Å². The number of amides is 1. The highest BCUT2D eigenvalue weighted by Gasteiger charge is 2.39. The zero-order valence-electron chi connectivity index (χ0n) is 20.1. The third-order valence-electron chi connectivity index (χ3n) is 7.40. The lowest BCUT2D eigenvalue weighted by Crippen LogP contribution is -2.44. The molecule has 5 nitrogen and oxygen atoms in total. The molecule has 2 fully saturated rings. The van der Waals surface area contributed by atoms with Gasteiger partial charge >= 0.3 is 0 Å². The van der Waals surface area contributed by atoms with Gasteiger partial charge in [0.2, 0.25) is 0 Å². The van der Waals surface area contributed by atoms with Crippen molar-refractivity contribution in [2.45, 2.75) is 31.1 Å². The Balaban J connectivity index is 1.36. The normalized spacial score (nSPS) is 18.1. The van der Waals surface area contributed by atoms with Crippen molar-refractivity contribution in [2.24, 2.45) is 0 Å². The van der Waals surface area contributed by atoms with E-state index in [1.165, 1.54) is 34.5 Å². The van der Waals surface area contributed by atoms with E-state index in [0.717, 1.165) is 44.5 Å². The second kappa shape index (κ2) is 9.70. The maximum Gasteiger partial charge on any atom is 0.263 e. The van der Waals surface area contributed by atoms with Crippen LogP contribution in [0.25, 0.3) is 0 Å². The van der Waals surface area contributed by atoms with E-state index in [-0.39, 0.29) is 5.41 Å². The molecule has 5 rings (SSSR count). The number of carbonyl (C=O) groups is 1. The predicted molar refractivity (Wildman–Crippen MR) is 140 cm³/mol. The Kier molecular flexibility index (Phi) is 6.64. The van der Waals surface area contributed by atoms with Gasteiger partial charge in [0, 0.05) is 42.7 Å². The standard InChI is InChI=1S/C26H29BF2N4OS/c1-32-10-12-33(13-11-32)19-14-20(28)23(21(29)15-19)24(34)31-25-30-22(16-35-25)26(8-2-3-9-26)17-4-6-18(27)7-5-17/h4-7,14-16H,2-3,8-13,27H2,1H3,(H,30,31,34). The Bertz CT molecular complexity index is 1200. The zero-order valence-corrected chi connectivity index (χ0v) is 20.9. The molecular formula is C26H29BF2N4OS. The average molecular weight is 494 g/mol. The van der Waals surface area contributed by atoms with Crippen molar-refractivity contribution in [3.05, 3.63) is 70.2 Å². The summed E-state index contributed by atoms with van der Waals surface area (Å²) in [5.74, 6) is -2.54. The SMILES string of the molecule is Bc1ccc(C2(c3csc(NC(=O)c4c(F)cc(N5CCN(C)CC5)cc4F)n3)CCCC2)cc1. The molecule has 1 aromatic heterocycles. The van der Waals surface area contributed by atoms with Gasteiger partial charge in [-0.2, -0.15) is 0 Å². The molecule has 1 saturated heterocycles.